The van der Waals surface area contributed by atoms with Gasteiger partial charge in [0, 0.05) is 43.6 Å². The summed E-state index contributed by atoms with van der Waals surface area (Å²) in [5, 5.41) is 0. The first-order valence-corrected chi connectivity index (χ1v) is 7.73. The van der Waals surface area contributed by atoms with Gasteiger partial charge >= 0.3 is 0 Å². The second-order valence-electron chi connectivity index (χ2n) is 4.93. The third kappa shape index (κ3) is 3.99. The number of methoxy groups -OCH3 is 1. The lowest BCUT2D eigenvalue weighted by molar-refractivity contribution is 0.0638. The lowest BCUT2D eigenvalue weighted by atomic mass is 10.1. The number of amides is 1. The van der Waals surface area contributed by atoms with Crippen molar-refractivity contribution in [1.29, 1.82) is 0 Å². The SMILES string of the molecule is C#CCCN1CCN(C(=O)c2cc(OC)ccc2Br)CC1. The monoisotopic (exact) mass is 350 g/mol. The fraction of sp³-hybridized carbons (Fsp3) is 0.438. The van der Waals surface area contributed by atoms with Crippen LogP contribution in [0.5, 0.6) is 5.75 Å². The van der Waals surface area contributed by atoms with Crippen LogP contribution in [-0.2, 0) is 0 Å². The Hall–Kier alpha value is -1.51. The van der Waals surface area contributed by atoms with Crippen molar-refractivity contribution in [3.63, 3.8) is 0 Å². The summed E-state index contributed by atoms with van der Waals surface area (Å²) in [6.07, 6.45) is 6.04. The molecule has 1 heterocycles. The molecule has 0 N–H and O–H groups in total. The molecule has 0 unspecified atom stereocenters. The van der Waals surface area contributed by atoms with Crippen LogP contribution in [0.15, 0.2) is 22.7 Å². The van der Waals surface area contributed by atoms with E-state index in [9.17, 15) is 4.79 Å². The summed E-state index contributed by atoms with van der Waals surface area (Å²) in [6, 6.07) is 5.45. The molecule has 0 aromatic heterocycles. The van der Waals surface area contributed by atoms with Gasteiger partial charge in [0.2, 0.25) is 0 Å². The van der Waals surface area contributed by atoms with Crippen LogP contribution in [0, 0.1) is 12.3 Å². The van der Waals surface area contributed by atoms with Crippen molar-refractivity contribution < 1.29 is 9.53 Å². The number of nitrogens with zero attached hydrogens (tertiary/aromatic N) is 2. The largest absolute Gasteiger partial charge is 0.497 e. The Morgan fingerprint density at radius 1 is 1.38 bits per heavy atom. The zero-order valence-electron chi connectivity index (χ0n) is 12.1. The Morgan fingerprint density at radius 2 is 2.10 bits per heavy atom. The topological polar surface area (TPSA) is 32.8 Å². The number of carbonyl (C=O) groups is 1. The zero-order valence-corrected chi connectivity index (χ0v) is 13.7. The van der Waals surface area contributed by atoms with E-state index in [0.29, 0.717) is 11.3 Å². The molecule has 5 heteroatoms. The first-order chi connectivity index (χ1) is 10.2. The van der Waals surface area contributed by atoms with Gasteiger partial charge in [0.05, 0.1) is 12.7 Å². The zero-order chi connectivity index (χ0) is 15.2. The molecule has 1 aliphatic heterocycles. The van der Waals surface area contributed by atoms with Crippen molar-refractivity contribution in [2.75, 3.05) is 39.8 Å². The van der Waals surface area contributed by atoms with E-state index in [1.165, 1.54) is 0 Å². The van der Waals surface area contributed by atoms with Gasteiger partial charge in [-0.15, -0.1) is 12.3 Å². The Kier molecular flexibility index (Phi) is 5.66. The van der Waals surface area contributed by atoms with Crippen molar-refractivity contribution in [3.8, 4) is 18.1 Å². The number of hydrogen-bond donors (Lipinski definition) is 0. The minimum absolute atomic E-state index is 0.0392. The molecular formula is C16H19BrN2O2. The van der Waals surface area contributed by atoms with Crippen molar-refractivity contribution in [2.45, 2.75) is 6.42 Å². The number of benzene rings is 1. The second-order valence-corrected chi connectivity index (χ2v) is 5.79. The molecule has 2 rings (SSSR count). The third-order valence-corrected chi connectivity index (χ3v) is 4.33. The molecule has 0 saturated carbocycles. The van der Waals surface area contributed by atoms with E-state index in [2.05, 4.69) is 26.8 Å². The van der Waals surface area contributed by atoms with Crippen LogP contribution in [0.25, 0.3) is 0 Å². The van der Waals surface area contributed by atoms with E-state index in [1.807, 2.05) is 17.0 Å². The lowest BCUT2D eigenvalue weighted by Gasteiger charge is -2.34. The summed E-state index contributed by atoms with van der Waals surface area (Å²) >= 11 is 3.44. The fourth-order valence-electron chi connectivity index (χ4n) is 2.36. The van der Waals surface area contributed by atoms with Crippen LogP contribution in [0.1, 0.15) is 16.8 Å². The van der Waals surface area contributed by atoms with E-state index >= 15 is 0 Å². The van der Waals surface area contributed by atoms with Gasteiger partial charge in [0.25, 0.3) is 5.91 Å². The smallest absolute Gasteiger partial charge is 0.255 e. The van der Waals surface area contributed by atoms with Gasteiger partial charge in [-0.05, 0) is 34.1 Å². The van der Waals surface area contributed by atoms with Crippen molar-refractivity contribution >= 4 is 21.8 Å². The Labute approximate surface area is 134 Å². The average Bonchev–Trinajstić information content (AvgIpc) is 2.53. The van der Waals surface area contributed by atoms with Crippen molar-refractivity contribution in [1.82, 2.24) is 9.80 Å². The standard InChI is InChI=1S/C16H19BrN2O2/c1-3-4-7-18-8-10-19(11-9-18)16(20)14-12-13(21-2)5-6-15(14)17/h1,5-6,12H,4,7-11H2,2H3. The molecule has 1 saturated heterocycles. The van der Waals surface area contributed by atoms with E-state index in [0.717, 1.165) is 43.6 Å². The summed E-state index contributed by atoms with van der Waals surface area (Å²) < 4.78 is 5.98. The molecular weight excluding hydrogens is 332 g/mol. The maximum absolute atomic E-state index is 12.6. The average molecular weight is 351 g/mol. The van der Waals surface area contributed by atoms with Gasteiger partial charge in [-0.1, -0.05) is 0 Å². The molecule has 1 fully saturated rings. The highest BCUT2D eigenvalue weighted by molar-refractivity contribution is 9.10. The summed E-state index contributed by atoms with van der Waals surface area (Å²) in [7, 11) is 1.60. The molecule has 4 nitrogen and oxygen atoms in total. The van der Waals surface area contributed by atoms with Crippen LogP contribution in [0.3, 0.4) is 0 Å². The molecule has 1 aliphatic rings. The van der Waals surface area contributed by atoms with E-state index in [-0.39, 0.29) is 5.91 Å². The summed E-state index contributed by atoms with van der Waals surface area (Å²) in [5.41, 5.74) is 0.645. The number of carbonyl (C=O) groups excluding carboxylic acids is 1. The van der Waals surface area contributed by atoms with Crippen molar-refractivity contribution in [2.24, 2.45) is 0 Å². The van der Waals surface area contributed by atoms with Gasteiger partial charge in [0.15, 0.2) is 0 Å². The van der Waals surface area contributed by atoms with E-state index < -0.39 is 0 Å². The number of ether oxygens (including phenoxy) is 1. The molecule has 1 aromatic rings. The predicted molar refractivity (Wildman–Crippen MR) is 86.5 cm³/mol. The van der Waals surface area contributed by atoms with Gasteiger partial charge in [-0.2, -0.15) is 0 Å². The highest BCUT2D eigenvalue weighted by Gasteiger charge is 2.23. The first kappa shape index (κ1) is 15.9. The highest BCUT2D eigenvalue weighted by atomic mass is 79.9. The number of hydrogen-bond acceptors (Lipinski definition) is 3. The molecule has 1 amide bonds. The molecule has 112 valence electrons. The second kappa shape index (κ2) is 7.48. The highest BCUT2D eigenvalue weighted by Crippen LogP contribution is 2.24. The maximum Gasteiger partial charge on any atom is 0.255 e. The van der Waals surface area contributed by atoms with Crippen LogP contribution in [0.4, 0.5) is 0 Å². The number of piperazine rings is 1. The molecule has 0 radical (unpaired) electrons. The molecule has 0 aliphatic carbocycles. The first-order valence-electron chi connectivity index (χ1n) is 6.94. The van der Waals surface area contributed by atoms with Gasteiger partial charge < -0.3 is 9.64 Å². The van der Waals surface area contributed by atoms with Crippen LogP contribution >= 0.6 is 15.9 Å². The fourth-order valence-corrected chi connectivity index (χ4v) is 2.78. The van der Waals surface area contributed by atoms with E-state index in [1.54, 1.807) is 13.2 Å². The Balaban J connectivity index is 2.00. The Morgan fingerprint density at radius 3 is 2.71 bits per heavy atom. The van der Waals surface area contributed by atoms with E-state index in [4.69, 9.17) is 11.2 Å². The molecule has 0 spiro atoms. The van der Waals surface area contributed by atoms with Gasteiger partial charge in [-0.3, -0.25) is 9.69 Å². The molecule has 0 atom stereocenters. The maximum atomic E-state index is 12.6. The minimum atomic E-state index is 0.0392. The summed E-state index contributed by atoms with van der Waals surface area (Å²) in [4.78, 5) is 16.8. The molecule has 0 bridgehead atoms. The number of terminal acetylenes is 1. The molecule has 1 aromatic carbocycles. The number of halogens is 1. The third-order valence-electron chi connectivity index (χ3n) is 3.64. The molecule has 21 heavy (non-hydrogen) atoms. The predicted octanol–water partition coefficient (Wildman–Crippen LogP) is 2.24. The summed E-state index contributed by atoms with van der Waals surface area (Å²) in [5.74, 6) is 3.38. The number of rotatable bonds is 4. The summed E-state index contributed by atoms with van der Waals surface area (Å²) in [6.45, 7) is 4.10. The Bertz CT molecular complexity index is 546. The van der Waals surface area contributed by atoms with Gasteiger partial charge in [0.1, 0.15) is 5.75 Å². The van der Waals surface area contributed by atoms with Crippen LogP contribution < -0.4 is 4.74 Å². The minimum Gasteiger partial charge on any atom is -0.497 e. The quantitative estimate of drug-likeness (QED) is 0.780. The van der Waals surface area contributed by atoms with Crippen LogP contribution in [0.2, 0.25) is 0 Å². The van der Waals surface area contributed by atoms with Crippen LogP contribution in [-0.4, -0.2) is 55.5 Å². The normalized spacial score (nSPS) is 15.6. The van der Waals surface area contributed by atoms with Gasteiger partial charge in [-0.25, -0.2) is 0 Å². The lowest BCUT2D eigenvalue weighted by Crippen LogP contribution is -2.48. The van der Waals surface area contributed by atoms with Crippen molar-refractivity contribution in [3.05, 3.63) is 28.2 Å².